The van der Waals surface area contributed by atoms with Crippen molar-refractivity contribution in [3.63, 3.8) is 0 Å². The fraction of sp³-hybridized carbons (Fsp3) is 0.0870. The second-order valence-electron chi connectivity index (χ2n) is 5.81. The summed E-state index contributed by atoms with van der Waals surface area (Å²) >= 11 is 0. The van der Waals surface area contributed by atoms with Gasteiger partial charge in [-0.1, -0.05) is 55.1 Å². The average Bonchev–Trinajstić information content (AvgIpc) is 2.72. The van der Waals surface area contributed by atoms with E-state index in [1.807, 2.05) is 60.7 Å². The van der Waals surface area contributed by atoms with Gasteiger partial charge in [0, 0.05) is 11.1 Å². The van der Waals surface area contributed by atoms with Crippen LogP contribution in [-0.4, -0.2) is 13.4 Å². The lowest BCUT2D eigenvalue weighted by atomic mass is 9.98. The zero-order valence-electron chi connectivity index (χ0n) is 14.6. The van der Waals surface area contributed by atoms with Crippen LogP contribution in [0.5, 0.6) is 11.5 Å². The minimum Gasteiger partial charge on any atom is -0.497 e. The molecule has 3 nitrogen and oxygen atoms in total. The third-order valence-corrected chi connectivity index (χ3v) is 4.15. The van der Waals surface area contributed by atoms with E-state index in [-0.39, 0.29) is 0 Å². The molecular weight excluding hydrogens is 324 g/mol. The Kier molecular flexibility index (Phi) is 5.49. The van der Waals surface area contributed by atoms with Gasteiger partial charge in [-0.15, -0.1) is 0 Å². The van der Waals surface area contributed by atoms with Crippen molar-refractivity contribution in [3.8, 4) is 22.6 Å². The van der Waals surface area contributed by atoms with E-state index < -0.39 is 0 Å². The number of carbonyl (C=O) groups excluding carboxylic acids is 1. The molecule has 0 unspecified atom stereocenters. The molecule has 3 rings (SSSR count). The second-order valence-corrected chi connectivity index (χ2v) is 5.81. The first kappa shape index (κ1) is 17.5. The maximum atomic E-state index is 11.6. The van der Waals surface area contributed by atoms with Crippen LogP contribution < -0.4 is 9.47 Å². The van der Waals surface area contributed by atoms with Crippen LogP contribution in [-0.2, 0) is 6.61 Å². The molecule has 0 aliphatic carbocycles. The molecule has 26 heavy (non-hydrogen) atoms. The van der Waals surface area contributed by atoms with Crippen LogP contribution in [0.4, 0.5) is 0 Å². The number of ether oxygens (including phenoxy) is 2. The molecule has 0 atom stereocenters. The van der Waals surface area contributed by atoms with E-state index in [4.69, 9.17) is 9.47 Å². The SMILES string of the molecule is C=Cc1ccc(-c2ccc(OC)cc2C=O)c(OCc2ccccc2)c1. The molecule has 0 aliphatic rings. The summed E-state index contributed by atoms with van der Waals surface area (Å²) in [6.45, 7) is 4.27. The Morgan fingerprint density at radius 3 is 2.42 bits per heavy atom. The highest BCUT2D eigenvalue weighted by Crippen LogP contribution is 2.35. The summed E-state index contributed by atoms with van der Waals surface area (Å²) in [7, 11) is 1.58. The summed E-state index contributed by atoms with van der Waals surface area (Å²) in [5.74, 6) is 1.35. The number of aldehydes is 1. The van der Waals surface area contributed by atoms with E-state index in [0.29, 0.717) is 23.7 Å². The average molecular weight is 344 g/mol. The normalized spacial score (nSPS) is 10.2. The largest absolute Gasteiger partial charge is 0.497 e. The minimum absolute atomic E-state index is 0.445. The number of rotatable bonds is 7. The first-order valence-corrected chi connectivity index (χ1v) is 8.32. The van der Waals surface area contributed by atoms with Gasteiger partial charge in [0.25, 0.3) is 0 Å². The molecule has 130 valence electrons. The molecule has 0 aromatic heterocycles. The standard InChI is InChI=1S/C23H20O3/c1-3-17-9-11-22(21-12-10-20(25-2)14-19(21)15-24)23(13-17)26-16-18-7-5-4-6-8-18/h3-15H,1,16H2,2H3. The maximum Gasteiger partial charge on any atom is 0.150 e. The van der Waals surface area contributed by atoms with E-state index in [2.05, 4.69) is 6.58 Å². The van der Waals surface area contributed by atoms with Crippen molar-refractivity contribution in [1.29, 1.82) is 0 Å². The molecule has 0 saturated heterocycles. The first-order valence-electron chi connectivity index (χ1n) is 8.32. The molecule has 3 aromatic carbocycles. The molecular formula is C23H20O3. The summed E-state index contributed by atoms with van der Waals surface area (Å²) in [4.78, 5) is 11.6. The van der Waals surface area contributed by atoms with Gasteiger partial charge >= 0.3 is 0 Å². The molecule has 0 fully saturated rings. The molecule has 0 spiro atoms. The molecule has 0 N–H and O–H groups in total. The lowest BCUT2D eigenvalue weighted by Gasteiger charge is -2.15. The fourth-order valence-corrected chi connectivity index (χ4v) is 2.75. The summed E-state index contributed by atoms with van der Waals surface area (Å²) in [5, 5.41) is 0. The number of hydrogen-bond acceptors (Lipinski definition) is 3. The van der Waals surface area contributed by atoms with Gasteiger partial charge in [0.05, 0.1) is 7.11 Å². The molecule has 3 heteroatoms. The van der Waals surface area contributed by atoms with Gasteiger partial charge in [-0.25, -0.2) is 0 Å². The van der Waals surface area contributed by atoms with Crippen LogP contribution in [0.1, 0.15) is 21.5 Å². The van der Waals surface area contributed by atoms with Crippen LogP contribution in [0.2, 0.25) is 0 Å². The zero-order valence-corrected chi connectivity index (χ0v) is 14.6. The molecule has 0 amide bonds. The van der Waals surface area contributed by atoms with Gasteiger partial charge < -0.3 is 9.47 Å². The van der Waals surface area contributed by atoms with Crippen LogP contribution in [0.15, 0.2) is 73.3 Å². The lowest BCUT2D eigenvalue weighted by Crippen LogP contribution is -1.99. The smallest absolute Gasteiger partial charge is 0.150 e. The molecule has 0 aliphatic heterocycles. The highest BCUT2D eigenvalue weighted by atomic mass is 16.5. The van der Waals surface area contributed by atoms with E-state index in [1.54, 1.807) is 19.3 Å². The Hall–Kier alpha value is -3.33. The topological polar surface area (TPSA) is 35.5 Å². The van der Waals surface area contributed by atoms with Crippen molar-refractivity contribution >= 4 is 12.4 Å². The summed E-state index contributed by atoms with van der Waals surface area (Å²) in [6.07, 6.45) is 2.61. The number of hydrogen-bond donors (Lipinski definition) is 0. The van der Waals surface area contributed by atoms with Crippen molar-refractivity contribution in [2.75, 3.05) is 7.11 Å². The van der Waals surface area contributed by atoms with Gasteiger partial charge in [0.2, 0.25) is 0 Å². The van der Waals surface area contributed by atoms with Gasteiger partial charge in [-0.2, -0.15) is 0 Å². The quantitative estimate of drug-likeness (QED) is 0.539. The van der Waals surface area contributed by atoms with Crippen molar-refractivity contribution in [2.24, 2.45) is 0 Å². The van der Waals surface area contributed by atoms with Gasteiger partial charge in [0.1, 0.15) is 18.1 Å². The summed E-state index contributed by atoms with van der Waals surface area (Å²) in [5.41, 5.74) is 4.25. The molecule has 0 radical (unpaired) electrons. The summed E-state index contributed by atoms with van der Waals surface area (Å²) < 4.78 is 11.3. The Morgan fingerprint density at radius 1 is 0.962 bits per heavy atom. The maximum absolute atomic E-state index is 11.6. The lowest BCUT2D eigenvalue weighted by molar-refractivity contribution is 0.112. The number of benzene rings is 3. The van der Waals surface area contributed by atoms with Gasteiger partial charge in [-0.05, 0) is 41.0 Å². The minimum atomic E-state index is 0.445. The predicted molar refractivity (Wildman–Crippen MR) is 105 cm³/mol. The van der Waals surface area contributed by atoms with E-state index >= 15 is 0 Å². The van der Waals surface area contributed by atoms with E-state index in [9.17, 15) is 4.79 Å². The first-order chi connectivity index (χ1) is 12.7. The van der Waals surface area contributed by atoms with Crippen LogP contribution >= 0.6 is 0 Å². The third kappa shape index (κ3) is 3.83. The second kappa shape index (κ2) is 8.17. The van der Waals surface area contributed by atoms with E-state index in [0.717, 1.165) is 28.5 Å². The predicted octanol–water partition coefficient (Wildman–Crippen LogP) is 5.40. The highest BCUT2D eigenvalue weighted by Gasteiger charge is 2.12. The Morgan fingerprint density at radius 2 is 1.73 bits per heavy atom. The molecule has 0 saturated carbocycles. The Balaban J connectivity index is 2.01. The highest BCUT2D eigenvalue weighted by molar-refractivity contribution is 5.90. The fourth-order valence-electron chi connectivity index (χ4n) is 2.75. The molecule has 3 aromatic rings. The van der Waals surface area contributed by atoms with Crippen molar-refractivity contribution in [1.82, 2.24) is 0 Å². The van der Waals surface area contributed by atoms with Crippen LogP contribution in [0.25, 0.3) is 17.2 Å². The van der Waals surface area contributed by atoms with Crippen molar-refractivity contribution in [2.45, 2.75) is 6.61 Å². The van der Waals surface area contributed by atoms with Crippen LogP contribution in [0.3, 0.4) is 0 Å². The molecule has 0 bridgehead atoms. The number of methoxy groups -OCH3 is 1. The zero-order chi connectivity index (χ0) is 18.4. The Labute approximate surface area is 153 Å². The van der Waals surface area contributed by atoms with Gasteiger partial charge in [0.15, 0.2) is 6.29 Å². The van der Waals surface area contributed by atoms with Crippen LogP contribution in [0, 0.1) is 0 Å². The molecule has 0 heterocycles. The van der Waals surface area contributed by atoms with Gasteiger partial charge in [-0.3, -0.25) is 4.79 Å². The number of carbonyl (C=O) groups is 1. The summed E-state index contributed by atoms with van der Waals surface area (Å²) in [6, 6.07) is 21.2. The third-order valence-electron chi connectivity index (χ3n) is 4.15. The van der Waals surface area contributed by atoms with Crippen molar-refractivity contribution in [3.05, 3.63) is 90.0 Å². The van der Waals surface area contributed by atoms with Crippen molar-refractivity contribution < 1.29 is 14.3 Å². The Bertz CT molecular complexity index is 914. The van der Waals surface area contributed by atoms with E-state index in [1.165, 1.54) is 0 Å². The monoisotopic (exact) mass is 344 g/mol.